The van der Waals surface area contributed by atoms with Gasteiger partial charge in [0, 0.05) is 0 Å². The van der Waals surface area contributed by atoms with Gasteiger partial charge in [-0.3, -0.25) is 4.79 Å². The topological polar surface area (TPSA) is 79.2 Å². The van der Waals surface area contributed by atoms with Crippen LogP contribution in [0.1, 0.15) is 18.1 Å². The molecule has 1 aromatic carbocycles. The predicted octanol–water partition coefficient (Wildman–Crippen LogP) is 2.08. The van der Waals surface area contributed by atoms with Crippen LogP contribution in [0.4, 0.5) is 18.9 Å². The quantitative estimate of drug-likeness (QED) is 0.666. The molecule has 0 saturated heterocycles. The number of carbonyl (C=O) groups excluding carboxylic acids is 2. The van der Waals surface area contributed by atoms with Crippen molar-refractivity contribution in [2.45, 2.75) is 13.1 Å². The van der Waals surface area contributed by atoms with Crippen LogP contribution in [0, 0.1) is 11.3 Å². The highest BCUT2D eigenvalue weighted by atomic mass is 19.4. The van der Waals surface area contributed by atoms with Crippen LogP contribution in [0.25, 0.3) is 0 Å². The third-order valence-corrected chi connectivity index (χ3v) is 2.18. The van der Waals surface area contributed by atoms with Crippen molar-refractivity contribution in [3.8, 4) is 6.07 Å². The molecule has 106 valence electrons. The third-order valence-electron chi connectivity index (χ3n) is 2.18. The number of halogens is 3. The molecule has 1 N–H and O–H groups in total. The third kappa shape index (κ3) is 3.71. The maximum atomic E-state index is 12.5. The van der Waals surface area contributed by atoms with Crippen molar-refractivity contribution in [3.05, 3.63) is 29.3 Å². The van der Waals surface area contributed by atoms with Gasteiger partial charge >= 0.3 is 18.1 Å². The number of amides is 1. The van der Waals surface area contributed by atoms with Crippen LogP contribution in [0.2, 0.25) is 0 Å². The molecule has 1 rings (SSSR count). The average molecular weight is 286 g/mol. The minimum Gasteiger partial charge on any atom is -0.459 e. The highest BCUT2D eigenvalue weighted by molar-refractivity contribution is 6.37. The molecule has 0 fully saturated rings. The molecule has 1 aromatic rings. The van der Waals surface area contributed by atoms with Crippen molar-refractivity contribution < 1.29 is 27.5 Å². The summed E-state index contributed by atoms with van der Waals surface area (Å²) in [6.45, 7) is 1.47. The number of rotatable bonds is 2. The Morgan fingerprint density at radius 3 is 2.55 bits per heavy atom. The number of alkyl halides is 3. The van der Waals surface area contributed by atoms with Gasteiger partial charge in [-0.25, -0.2) is 4.79 Å². The Balaban J connectivity index is 3.01. The fourth-order valence-corrected chi connectivity index (χ4v) is 1.29. The average Bonchev–Trinajstić information content (AvgIpc) is 2.38. The van der Waals surface area contributed by atoms with Crippen LogP contribution in [-0.2, 0) is 20.5 Å². The Morgan fingerprint density at radius 2 is 2.05 bits per heavy atom. The van der Waals surface area contributed by atoms with E-state index in [1.54, 1.807) is 0 Å². The molecule has 0 aliphatic carbocycles. The molecule has 8 heteroatoms. The molecule has 0 atom stereocenters. The number of nitrogens with one attached hydrogen (secondary N) is 1. The monoisotopic (exact) mass is 286 g/mol. The highest BCUT2D eigenvalue weighted by Crippen LogP contribution is 2.31. The number of benzene rings is 1. The smallest absolute Gasteiger partial charge is 0.416 e. The fraction of sp³-hybridized carbons (Fsp3) is 0.250. The lowest BCUT2D eigenvalue weighted by Crippen LogP contribution is -2.25. The maximum Gasteiger partial charge on any atom is 0.416 e. The first-order valence-corrected chi connectivity index (χ1v) is 5.39. The summed E-state index contributed by atoms with van der Waals surface area (Å²) in [5.74, 6) is -2.35. The Bertz CT molecular complexity index is 576. The number of nitrogens with zero attached hydrogens (tertiary/aromatic N) is 1. The summed E-state index contributed by atoms with van der Waals surface area (Å²) in [4.78, 5) is 22.4. The van der Waals surface area contributed by atoms with E-state index in [-0.39, 0.29) is 12.3 Å². The first kappa shape index (κ1) is 15.5. The van der Waals surface area contributed by atoms with Gasteiger partial charge in [0.15, 0.2) is 0 Å². The Morgan fingerprint density at radius 1 is 1.40 bits per heavy atom. The Labute approximate surface area is 111 Å². The van der Waals surface area contributed by atoms with Gasteiger partial charge < -0.3 is 10.1 Å². The number of ether oxygens (including phenoxy) is 1. The number of hydrogen-bond acceptors (Lipinski definition) is 4. The molecule has 0 aliphatic rings. The predicted molar refractivity (Wildman–Crippen MR) is 61.4 cm³/mol. The van der Waals surface area contributed by atoms with Crippen LogP contribution < -0.4 is 5.32 Å². The van der Waals surface area contributed by atoms with Crippen molar-refractivity contribution in [3.63, 3.8) is 0 Å². The number of esters is 1. The van der Waals surface area contributed by atoms with E-state index in [1.807, 2.05) is 5.32 Å². The summed E-state index contributed by atoms with van der Waals surface area (Å²) in [6.07, 6.45) is -4.60. The van der Waals surface area contributed by atoms with Crippen molar-refractivity contribution >= 4 is 17.6 Å². The van der Waals surface area contributed by atoms with Gasteiger partial charge in [0.1, 0.15) is 6.07 Å². The van der Waals surface area contributed by atoms with Gasteiger partial charge in [0.05, 0.1) is 23.4 Å². The summed E-state index contributed by atoms with van der Waals surface area (Å²) in [5.41, 5.74) is -1.63. The van der Waals surface area contributed by atoms with Crippen LogP contribution in [0.3, 0.4) is 0 Å². The van der Waals surface area contributed by atoms with E-state index in [9.17, 15) is 22.8 Å². The lowest BCUT2D eigenvalue weighted by molar-refractivity contribution is -0.152. The van der Waals surface area contributed by atoms with E-state index in [4.69, 9.17) is 5.26 Å². The number of nitriles is 1. The summed E-state index contributed by atoms with van der Waals surface area (Å²) < 4.78 is 41.8. The summed E-state index contributed by atoms with van der Waals surface area (Å²) in [5, 5.41) is 10.8. The molecule has 0 radical (unpaired) electrons. The van der Waals surface area contributed by atoms with Gasteiger partial charge in [-0.1, -0.05) is 0 Å². The lowest BCUT2D eigenvalue weighted by atomic mass is 10.1. The summed E-state index contributed by atoms with van der Waals surface area (Å²) in [7, 11) is 0. The maximum absolute atomic E-state index is 12.5. The standard InChI is InChI=1S/C12H9F3N2O3/c1-2-20-11(19)10(18)17-9-4-3-8(12(13,14)15)5-7(9)6-16/h3-5H,2H2,1H3,(H,17,18). The van der Waals surface area contributed by atoms with Crippen molar-refractivity contribution in [2.75, 3.05) is 11.9 Å². The molecule has 0 aliphatic heterocycles. The van der Waals surface area contributed by atoms with E-state index in [0.717, 1.165) is 6.07 Å². The zero-order valence-electron chi connectivity index (χ0n) is 10.2. The Hall–Kier alpha value is -2.56. The Kier molecular flexibility index (Phi) is 4.69. The van der Waals surface area contributed by atoms with Crippen molar-refractivity contribution in [2.24, 2.45) is 0 Å². The largest absolute Gasteiger partial charge is 0.459 e. The van der Waals surface area contributed by atoms with E-state index >= 15 is 0 Å². The van der Waals surface area contributed by atoms with E-state index < -0.39 is 29.2 Å². The van der Waals surface area contributed by atoms with Gasteiger partial charge in [0.2, 0.25) is 0 Å². The number of hydrogen-bond donors (Lipinski definition) is 1. The molecule has 0 aromatic heterocycles. The second kappa shape index (κ2) is 6.06. The lowest BCUT2D eigenvalue weighted by Gasteiger charge is -2.10. The van der Waals surface area contributed by atoms with Gasteiger partial charge in [-0.15, -0.1) is 0 Å². The molecule has 0 unspecified atom stereocenters. The number of carbonyl (C=O) groups is 2. The molecule has 5 nitrogen and oxygen atoms in total. The van der Waals surface area contributed by atoms with E-state index in [2.05, 4.69) is 4.74 Å². The SMILES string of the molecule is CCOC(=O)C(=O)Nc1ccc(C(F)(F)F)cc1C#N. The summed E-state index contributed by atoms with van der Waals surface area (Å²) in [6, 6.07) is 3.70. The molecule has 0 heterocycles. The first-order chi connectivity index (χ1) is 9.29. The minimum atomic E-state index is -4.60. The zero-order valence-corrected chi connectivity index (χ0v) is 10.2. The molecular weight excluding hydrogens is 277 g/mol. The van der Waals surface area contributed by atoms with E-state index in [1.165, 1.54) is 13.0 Å². The van der Waals surface area contributed by atoms with Crippen LogP contribution in [-0.4, -0.2) is 18.5 Å². The molecule has 20 heavy (non-hydrogen) atoms. The van der Waals surface area contributed by atoms with E-state index in [0.29, 0.717) is 12.1 Å². The highest BCUT2D eigenvalue weighted by Gasteiger charge is 2.31. The first-order valence-electron chi connectivity index (χ1n) is 5.39. The minimum absolute atomic E-state index is 0.0234. The molecule has 0 bridgehead atoms. The van der Waals surface area contributed by atoms with Crippen LogP contribution in [0.5, 0.6) is 0 Å². The number of anilines is 1. The summed E-state index contributed by atoms with van der Waals surface area (Å²) >= 11 is 0. The fourth-order valence-electron chi connectivity index (χ4n) is 1.29. The van der Waals surface area contributed by atoms with Crippen LogP contribution >= 0.6 is 0 Å². The van der Waals surface area contributed by atoms with Gasteiger partial charge in [-0.2, -0.15) is 18.4 Å². The normalized spacial score (nSPS) is 10.6. The van der Waals surface area contributed by atoms with Crippen molar-refractivity contribution in [1.29, 1.82) is 5.26 Å². The van der Waals surface area contributed by atoms with Gasteiger partial charge in [-0.05, 0) is 25.1 Å². The molecule has 0 saturated carbocycles. The second-order valence-electron chi connectivity index (χ2n) is 3.54. The molecule has 0 spiro atoms. The molecular formula is C12H9F3N2O3. The van der Waals surface area contributed by atoms with Crippen LogP contribution in [0.15, 0.2) is 18.2 Å². The van der Waals surface area contributed by atoms with Crippen molar-refractivity contribution in [1.82, 2.24) is 0 Å². The molecule has 1 amide bonds. The second-order valence-corrected chi connectivity index (χ2v) is 3.54. The van der Waals surface area contributed by atoms with Gasteiger partial charge in [0.25, 0.3) is 0 Å². The zero-order chi connectivity index (χ0) is 15.3.